The second kappa shape index (κ2) is 7.24. The van der Waals surface area contributed by atoms with E-state index in [0.717, 1.165) is 0 Å². The number of carbonyl (C=O) groups is 2. The predicted molar refractivity (Wildman–Crippen MR) is 94.1 cm³/mol. The van der Waals surface area contributed by atoms with Crippen LogP contribution in [0, 0.1) is 6.07 Å². The molecule has 117 valence electrons. The first-order chi connectivity index (χ1) is 11.7. The number of anilines is 2. The van der Waals surface area contributed by atoms with Gasteiger partial charge in [0.25, 0.3) is 11.8 Å². The van der Waals surface area contributed by atoms with E-state index in [1.165, 1.54) is 0 Å². The molecule has 0 heterocycles. The van der Waals surface area contributed by atoms with Crippen molar-refractivity contribution in [2.75, 3.05) is 10.6 Å². The van der Waals surface area contributed by atoms with Crippen LogP contribution in [0.3, 0.4) is 0 Å². The number of carbonyl (C=O) groups excluding carboxylic acids is 2. The zero-order valence-corrected chi connectivity index (χ0v) is 12.8. The van der Waals surface area contributed by atoms with Gasteiger partial charge in [0, 0.05) is 22.5 Å². The maximum atomic E-state index is 12.3. The summed E-state index contributed by atoms with van der Waals surface area (Å²) in [6.07, 6.45) is 0. The number of hydrogen-bond acceptors (Lipinski definition) is 2. The summed E-state index contributed by atoms with van der Waals surface area (Å²) in [5.74, 6) is -0.571. The molecule has 0 saturated carbocycles. The lowest BCUT2D eigenvalue weighted by Crippen LogP contribution is -2.15. The van der Waals surface area contributed by atoms with Gasteiger partial charge < -0.3 is 10.6 Å². The van der Waals surface area contributed by atoms with Crippen LogP contribution in [0.5, 0.6) is 0 Å². The molecular weight excluding hydrogens is 300 g/mol. The molecule has 4 nitrogen and oxygen atoms in total. The van der Waals surface area contributed by atoms with Gasteiger partial charge in [-0.2, -0.15) is 0 Å². The van der Waals surface area contributed by atoms with Crippen LogP contribution in [-0.4, -0.2) is 11.8 Å². The van der Waals surface area contributed by atoms with Crippen molar-refractivity contribution in [3.8, 4) is 0 Å². The van der Waals surface area contributed by atoms with Gasteiger partial charge >= 0.3 is 0 Å². The van der Waals surface area contributed by atoms with Gasteiger partial charge in [0.1, 0.15) is 0 Å². The van der Waals surface area contributed by atoms with E-state index in [9.17, 15) is 9.59 Å². The summed E-state index contributed by atoms with van der Waals surface area (Å²) in [5.41, 5.74) is 2.14. The van der Waals surface area contributed by atoms with Gasteiger partial charge in [-0.1, -0.05) is 36.4 Å². The fourth-order valence-corrected chi connectivity index (χ4v) is 2.18. The SMILES string of the molecule is O=C(Nc1ccccc1)c1c[c]cc(C(=O)Nc2ccccc2)c1. The maximum Gasteiger partial charge on any atom is 0.255 e. The molecule has 2 N–H and O–H groups in total. The quantitative estimate of drug-likeness (QED) is 0.765. The molecule has 3 rings (SSSR count). The van der Waals surface area contributed by atoms with Crippen molar-refractivity contribution in [2.24, 2.45) is 0 Å². The normalized spacial score (nSPS) is 10.0. The maximum absolute atomic E-state index is 12.3. The molecule has 0 aliphatic rings. The Morgan fingerprint density at radius 3 is 1.50 bits per heavy atom. The Morgan fingerprint density at radius 1 is 0.667 bits per heavy atom. The molecule has 0 fully saturated rings. The Morgan fingerprint density at radius 2 is 1.08 bits per heavy atom. The van der Waals surface area contributed by atoms with E-state index in [-0.39, 0.29) is 11.8 Å². The van der Waals surface area contributed by atoms with Crippen molar-refractivity contribution in [1.82, 2.24) is 0 Å². The van der Waals surface area contributed by atoms with Crippen LogP contribution >= 0.6 is 0 Å². The highest BCUT2D eigenvalue weighted by Crippen LogP contribution is 2.12. The average Bonchev–Trinajstić information content (AvgIpc) is 2.63. The molecule has 2 amide bonds. The van der Waals surface area contributed by atoms with Gasteiger partial charge in [-0.3, -0.25) is 9.59 Å². The van der Waals surface area contributed by atoms with E-state index in [1.54, 1.807) is 42.5 Å². The Labute approximate surface area is 140 Å². The third-order valence-corrected chi connectivity index (χ3v) is 3.38. The van der Waals surface area contributed by atoms with Crippen molar-refractivity contribution in [1.29, 1.82) is 0 Å². The highest BCUT2D eigenvalue weighted by Gasteiger charge is 2.11. The van der Waals surface area contributed by atoms with E-state index >= 15 is 0 Å². The van der Waals surface area contributed by atoms with Gasteiger partial charge in [0.05, 0.1) is 0 Å². The van der Waals surface area contributed by atoms with Crippen molar-refractivity contribution in [3.63, 3.8) is 0 Å². The van der Waals surface area contributed by atoms with Crippen LogP contribution in [0.2, 0.25) is 0 Å². The first-order valence-electron chi connectivity index (χ1n) is 7.46. The van der Waals surface area contributed by atoms with E-state index in [1.807, 2.05) is 36.4 Å². The first-order valence-corrected chi connectivity index (χ1v) is 7.46. The second-order valence-electron chi connectivity index (χ2n) is 5.15. The Balaban J connectivity index is 1.74. The lowest BCUT2D eigenvalue weighted by Gasteiger charge is -2.08. The minimum absolute atomic E-state index is 0.285. The predicted octanol–water partition coefficient (Wildman–Crippen LogP) is 3.99. The smallest absolute Gasteiger partial charge is 0.255 e. The summed E-state index contributed by atoms with van der Waals surface area (Å²) >= 11 is 0. The van der Waals surface area contributed by atoms with Gasteiger partial charge in [-0.05, 0) is 48.5 Å². The summed E-state index contributed by atoms with van der Waals surface area (Å²) in [4.78, 5) is 24.6. The number of amides is 2. The largest absolute Gasteiger partial charge is 0.322 e. The summed E-state index contributed by atoms with van der Waals surface area (Å²) in [6, 6.07) is 25.8. The van der Waals surface area contributed by atoms with Gasteiger partial charge in [0.15, 0.2) is 0 Å². The van der Waals surface area contributed by atoms with Gasteiger partial charge in [0.2, 0.25) is 0 Å². The fraction of sp³-hybridized carbons (Fsp3) is 0. The molecule has 24 heavy (non-hydrogen) atoms. The highest BCUT2D eigenvalue weighted by molar-refractivity contribution is 6.08. The molecule has 0 spiro atoms. The van der Waals surface area contributed by atoms with Crippen LogP contribution in [0.15, 0.2) is 78.9 Å². The molecular formula is C20H15N2O2. The van der Waals surface area contributed by atoms with Crippen molar-refractivity contribution >= 4 is 23.2 Å². The summed E-state index contributed by atoms with van der Waals surface area (Å²) < 4.78 is 0. The van der Waals surface area contributed by atoms with Crippen molar-refractivity contribution < 1.29 is 9.59 Å². The molecule has 1 radical (unpaired) electrons. The Hall–Kier alpha value is -3.40. The zero-order valence-electron chi connectivity index (χ0n) is 12.8. The fourth-order valence-electron chi connectivity index (χ4n) is 2.18. The molecule has 0 unspecified atom stereocenters. The van der Waals surface area contributed by atoms with Gasteiger partial charge in [-0.25, -0.2) is 0 Å². The zero-order chi connectivity index (χ0) is 16.8. The van der Waals surface area contributed by atoms with Gasteiger partial charge in [-0.15, -0.1) is 0 Å². The van der Waals surface area contributed by atoms with E-state index in [2.05, 4.69) is 16.7 Å². The van der Waals surface area contributed by atoms with E-state index < -0.39 is 0 Å². The number of nitrogens with one attached hydrogen (secondary N) is 2. The Kier molecular flexibility index (Phi) is 4.68. The van der Waals surface area contributed by atoms with E-state index in [4.69, 9.17) is 0 Å². The first kappa shape index (κ1) is 15.5. The van der Waals surface area contributed by atoms with Crippen LogP contribution in [0.4, 0.5) is 11.4 Å². The molecule has 3 aromatic rings. The van der Waals surface area contributed by atoms with Crippen LogP contribution < -0.4 is 10.6 Å². The standard InChI is InChI=1S/C20H15N2O2/c23-19(21-17-10-3-1-4-11-17)15-8-7-9-16(14-15)20(24)22-18-12-5-2-6-13-18/h1-6,8-14H,(H,21,23)(H,22,24). The number of hydrogen-bond donors (Lipinski definition) is 2. The van der Waals surface area contributed by atoms with Crippen LogP contribution in [-0.2, 0) is 0 Å². The number of benzene rings is 3. The monoisotopic (exact) mass is 315 g/mol. The lowest BCUT2D eigenvalue weighted by atomic mass is 10.1. The minimum atomic E-state index is -0.285. The summed E-state index contributed by atoms with van der Waals surface area (Å²) in [7, 11) is 0. The number of para-hydroxylation sites is 2. The molecule has 0 aliphatic carbocycles. The third-order valence-electron chi connectivity index (χ3n) is 3.38. The lowest BCUT2D eigenvalue weighted by molar-refractivity contribution is 0.102. The topological polar surface area (TPSA) is 58.2 Å². The number of rotatable bonds is 4. The average molecular weight is 315 g/mol. The van der Waals surface area contributed by atoms with E-state index in [0.29, 0.717) is 22.5 Å². The Bertz CT molecular complexity index is 777. The third kappa shape index (κ3) is 3.87. The van der Waals surface area contributed by atoms with Crippen LogP contribution in [0.1, 0.15) is 20.7 Å². The molecule has 0 aromatic heterocycles. The molecule has 0 saturated heterocycles. The van der Waals surface area contributed by atoms with Crippen molar-refractivity contribution in [2.45, 2.75) is 0 Å². The summed E-state index contributed by atoms with van der Waals surface area (Å²) in [5, 5.41) is 5.57. The van der Waals surface area contributed by atoms with Crippen LogP contribution in [0.25, 0.3) is 0 Å². The molecule has 0 bridgehead atoms. The summed E-state index contributed by atoms with van der Waals surface area (Å²) in [6.45, 7) is 0. The van der Waals surface area contributed by atoms with Crippen molar-refractivity contribution in [3.05, 3.63) is 96.1 Å². The molecule has 0 aliphatic heterocycles. The molecule has 3 aromatic carbocycles. The highest BCUT2D eigenvalue weighted by atomic mass is 16.2. The molecule has 0 atom stereocenters. The minimum Gasteiger partial charge on any atom is -0.322 e. The molecule has 4 heteroatoms. The second-order valence-corrected chi connectivity index (χ2v) is 5.15.